The van der Waals surface area contributed by atoms with Crippen LogP contribution in [0.1, 0.15) is 18.0 Å². The van der Waals surface area contributed by atoms with Gasteiger partial charge in [-0.2, -0.15) is 0 Å². The van der Waals surface area contributed by atoms with Gasteiger partial charge in [-0.3, -0.25) is 14.5 Å². The fourth-order valence-corrected chi connectivity index (χ4v) is 3.41. The lowest BCUT2D eigenvalue weighted by Crippen LogP contribution is -2.42. The number of carboxylic acids is 1. The quantitative estimate of drug-likeness (QED) is 0.877. The van der Waals surface area contributed by atoms with Gasteiger partial charge >= 0.3 is 5.97 Å². The maximum atomic E-state index is 12.4. The third kappa shape index (κ3) is 3.54. The van der Waals surface area contributed by atoms with Crippen molar-refractivity contribution in [2.45, 2.75) is 12.5 Å². The number of likely N-dealkylation sites (tertiary alicyclic amines) is 1. The van der Waals surface area contributed by atoms with E-state index in [0.717, 1.165) is 25.2 Å². The second-order valence-corrected chi connectivity index (χ2v) is 6.05. The van der Waals surface area contributed by atoms with Gasteiger partial charge in [-0.15, -0.1) is 0 Å². The normalized spacial score (nSPS) is 25.7. The molecule has 6 heteroatoms. The highest BCUT2D eigenvalue weighted by molar-refractivity contribution is 5.87. The molecule has 0 saturated carbocycles. The summed E-state index contributed by atoms with van der Waals surface area (Å²) in [6, 6.07) is 9.10. The lowest BCUT2D eigenvalue weighted by atomic mass is 9.94. The molecular formula is C17H22N2O4. The van der Waals surface area contributed by atoms with Crippen LogP contribution in [0.2, 0.25) is 0 Å². The largest absolute Gasteiger partial charge is 0.481 e. The van der Waals surface area contributed by atoms with Crippen molar-refractivity contribution in [2.75, 3.05) is 39.4 Å². The SMILES string of the molecule is O=C(O)[C@@H]1CC(=O)N(CCN2CCOCC2)[C@H]1c1ccccc1. The zero-order valence-electron chi connectivity index (χ0n) is 13.1. The number of aliphatic carboxylic acids is 1. The highest BCUT2D eigenvalue weighted by atomic mass is 16.5. The van der Waals surface area contributed by atoms with E-state index in [1.54, 1.807) is 4.90 Å². The predicted molar refractivity (Wildman–Crippen MR) is 83.9 cm³/mol. The van der Waals surface area contributed by atoms with Crippen molar-refractivity contribution in [3.8, 4) is 0 Å². The predicted octanol–water partition coefficient (Wildman–Crippen LogP) is 0.993. The molecule has 6 nitrogen and oxygen atoms in total. The van der Waals surface area contributed by atoms with Crippen molar-refractivity contribution in [2.24, 2.45) is 5.92 Å². The average molecular weight is 318 g/mol. The Morgan fingerprint density at radius 3 is 2.52 bits per heavy atom. The number of ether oxygens (including phenoxy) is 1. The molecule has 2 heterocycles. The molecule has 2 aliphatic heterocycles. The van der Waals surface area contributed by atoms with Gasteiger partial charge < -0.3 is 14.7 Å². The summed E-state index contributed by atoms with van der Waals surface area (Å²) in [5.74, 6) is -1.64. The van der Waals surface area contributed by atoms with E-state index in [0.29, 0.717) is 19.8 Å². The van der Waals surface area contributed by atoms with Gasteiger partial charge in [-0.25, -0.2) is 0 Å². The van der Waals surface area contributed by atoms with Crippen LogP contribution in [0.15, 0.2) is 30.3 Å². The summed E-state index contributed by atoms with van der Waals surface area (Å²) >= 11 is 0. The van der Waals surface area contributed by atoms with Crippen molar-refractivity contribution < 1.29 is 19.4 Å². The monoisotopic (exact) mass is 318 g/mol. The summed E-state index contributed by atoms with van der Waals surface area (Å²) in [6.07, 6.45) is 0.0814. The zero-order valence-corrected chi connectivity index (χ0v) is 13.1. The second kappa shape index (κ2) is 7.10. The summed E-state index contributed by atoms with van der Waals surface area (Å²) in [4.78, 5) is 27.9. The Hall–Kier alpha value is -1.92. The first kappa shape index (κ1) is 16.0. The lowest BCUT2D eigenvalue weighted by molar-refractivity contribution is -0.142. The summed E-state index contributed by atoms with van der Waals surface area (Å²) in [5, 5.41) is 9.49. The first-order valence-corrected chi connectivity index (χ1v) is 8.04. The van der Waals surface area contributed by atoms with Gasteiger partial charge in [0.1, 0.15) is 0 Å². The second-order valence-electron chi connectivity index (χ2n) is 6.05. The van der Waals surface area contributed by atoms with Crippen LogP contribution >= 0.6 is 0 Å². The molecule has 1 aromatic carbocycles. The molecule has 2 fully saturated rings. The first-order valence-electron chi connectivity index (χ1n) is 8.04. The van der Waals surface area contributed by atoms with E-state index in [1.807, 2.05) is 30.3 Å². The lowest BCUT2D eigenvalue weighted by Gasteiger charge is -2.32. The molecule has 0 radical (unpaired) electrons. The van der Waals surface area contributed by atoms with E-state index >= 15 is 0 Å². The van der Waals surface area contributed by atoms with Gasteiger partial charge in [0.15, 0.2) is 0 Å². The van der Waals surface area contributed by atoms with E-state index in [-0.39, 0.29) is 18.4 Å². The number of amides is 1. The summed E-state index contributed by atoms with van der Waals surface area (Å²) in [7, 11) is 0. The number of benzene rings is 1. The fraction of sp³-hybridized carbons (Fsp3) is 0.529. The van der Waals surface area contributed by atoms with Crippen LogP contribution in [0.3, 0.4) is 0 Å². The van der Waals surface area contributed by atoms with Crippen molar-refractivity contribution in [3.05, 3.63) is 35.9 Å². The third-order valence-electron chi connectivity index (χ3n) is 4.65. The van der Waals surface area contributed by atoms with Crippen LogP contribution in [0.25, 0.3) is 0 Å². The standard InChI is InChI=1S/C17H22N2O4/c20-15-12-14(17(21)22)16(13-4-2-1-3-5-13)19(15)7-6-18-8-10-23-11-9-18/h1-5,14,16H,6-12H2,(H,21,22)/t14-,16+/m1/s1. The van der Waals surface area contributed by atoms with Crippen LogP contribution in [0, 0.1) is 5.92 Å². The molecular weight excluding hydrogens is 296 g/mol. The van der Waals surface area contributed by atoms with Crippen molar-refractivity contribution in [1.29, 1.82) is 0 Å². The van der Waals surface area contributed by atoms with Crippen LogP contribution < -0.4 is 0 Å². The fourth-order valence-electron chi connectivity index (χ4n) is 3.41. The van der Waals surface area contributed by atoms with Crippen molar-refractivity contribution in [1.82, 2.24) is 9.80 Å². The molecule has 23 heavy (non-hydrogen) atoms. The molecule has 2 aliphatic rings. The Balaban J connectivity index is 1.75. The van der Waals surface area contributed by atoms with E-state index < -0.39 is 11.9 Å². The average Bonchev–Trinajstić information content (AvgIpc) is 2.91. The maximum Gasteiger partial charge on any atom is 0.309 e. The number of hydrogen-bond donors (Lipinski definition) is 1. The molecule has 1 aromatic rings. The number of nitrogens with zero attached hydrogens (tertiary/aromatic N) is 2. The van der Waals surface area contributed by atoms with Crippen molar-refractivity contribution >= 4 is 11.9 Å². The van der Waals surface area contributed by atoms with Gasteiger partial charge in [0, 0.05) is 32.6 Å². The van der Waals surface area contributed by atoms with Crippen LogP contribution in [-0.4, -0.2) is 66.2 Å². The van der Waals surface area contributed by atoms with E-state index in [9.17, 15) is 14.7 Å². The van der Waals surface area contributed by atoms with Gasteiger partial charge in [0.2, 0.25) is 5.91 Å². The molecule has 0 unspecified atom stereocenters. The molecule has 124 valence electrons. The summed E-state index contributed by atoms with van der Waals surface area (Å²) in [5.41, 5.74) is 0.896. The smallest absolute Gasteiger partial charge is 0.309 e. The summed E-state index contributed by atoms with van der Waals surface area (Å²) in [6.45, 7) is 4.47. The molecule has 0 aliphatic carbocycles. The number of rotatable bonds is 5. The van der Waals surface area contributed by atoms with Crippen molar-refractivity contribution in [3.63, 3.8) is 0 Å². The Bertz CT molecular complexity index is 557. The van der Waals surface area contributed by atoms with E-state index in [1.165, 1.54) is 0 Å². The molecule has 3 rings (SSSR count). The van der Waals surface area contributed by atoms with E-state index in [4.69, 9.17) is 4.74 Å². The van der Waals surface area contributed by atoms with Crippen LogP contribution in [0.5, 0.6) is 0 Å². The Labute approximate surface area is 135 Å². The molecule has 2 saturated heterocycles. The third-order valence-corrected chi connectivity index (χ3v) is 4.65. The van der Waals surface area contributed by atoms with Gasteiger partial charge in [-0.05, 0) is 5.56 Å². The topological polar surface area (TPSA) is 70.1 Å². The Morgan fingerprint density at radius 1 is 1.17 bits per heavy atom. The first-order chi connectivity index (χ1) is 11.2. The molecule has 2 atom stereocenters. The molecule has 1 N–H and O–H groups in total. The Kier molecular flexibility index (Phi) is 4.93. The summed E-state index contributed by atoms with van der Waals surface area (Å²) < 4.78 is 5.33. The highest BCUT2D eigenvalue weighted by Crippen LogP contribution is 2.38. The molecule has 0 aromatic heterocycles. The number of carbonyl (C=O) groups excluding carboxylic acids is 1. The van der Waals surface area contributed by atoms with Crippen LogP contribution in [0.4, 0.5) is 0 Å². The zero-order chi connectivity index (χ0) is 16.2. The van der Waals surface area contributed by atoms with Gasteiger partial charge in [0.05, 0.1) is 25.2 Å². The number of hydrogen-bond acceptors (Lipinski definition) is 4. The number of carbonyl (C=O) groups is 2. The van der Waals surface area contributed by atoms with E-state index in [2.05, 4.69) is 4.90 Å². The number of morpholine rings is 1. The molecule has 1 amide bonds. The maximum absolute atomic E-state index is 12.4. The number of carboxylic acid groups (broad SMARTS) is 1. The minimum Gasteiger partial charge on any atom is -0.481 e. The van der Waals surface area contributed by atoms with Crippen LogP contribution in [-0.2, 0) is 14.3 Å². The van der Waals surface area contributed by atoms with Gasteiger partial charge in [0.25, 0.3) is 0 Å². The van der Waals surface area contributed by atoms with Gasteiger partial charge in [-0.1, -0.05) is 30.3 Å². The highest BCUT2D eigenvalue weighted by Gasteiger charge is 2.44. The minimum atomic E-state index is -0.902. The molecule has 0 spiro atoms. The molecule has 0 bridgehead atoms. The minimum absolute atomic E-state index is 0.0699. The Morgan fingerprint density at radius 2 is 1.87 bits per heavy atom.